The minimum atomic E-state index is -0.796. The second-order valence-electron chi connectivity index (χ2n) is 6.36. The van der Waals surface area contributed by atoms with E-state index in [1.165, 1.54) is 4.90 Å². The Hall–Kier alpha value is -2.28. The first kappa shape index (κ1) is 21.4. The van der Waals surface area contributed by atoms with Gasteiger partial charge in [0.05, 0.1) is 22.5 Å². The van der Waals surface area contributed by atoms with Gasteiger partial charge in [0.25, 0.3) is 11.5 Å². The summed E-state index contributed by atoms with van der Waals surface area (Å²) in [5.74, 6) is 0.448. The first-order valence-electron chi connectivity index (χ1n) is 8.87. The number of aromatic amines is 1. The van der Waals surface area contributed by atoms with Gasteiger partial charge in [-0.2, -0.15) is 0 Å². The number of nitrogens with one attached hydrogen (secondary N) is 1. The Bertz CT molecular complexity index is 1120. The van der Waals surface area contributed by atoms with Gasteiger partial charge in [-0.15, -0.1) is 0 Å². The van der Waals surface area contributed by atoms with E-state index in [2.05, 4.69) is 9.97 Å². The fourth-order valence-corrected chi connectivity index (χ4v) is 3.45. The van der Waals surface area contributed by atoms with E-state index >= 15 is 0 Å². The minimum absolute atomic E-state index is 0.120. The molecular weight excluding hydrogens is 437 g/mol. The van der Waals surface area contributed by atoms with Crippen LogP contribution in [0, 0.1) is 0 Å². The van der Waals surface area contributed by atoms with Crippen molar-refractivity contribution in [1.82, 2.24) is 14.9 Å². The summed E-state index contributed by atoms with van der Waals surface area (Å²) >= 11 is 18.0. The molecule has 0 saturated heterocycles. The minimum Gasteiger partial charge on any atom is -0.479 e. The molecule has 1 heterocycles. The van der Waals surface area contributed by atoms with Crippen molar-refractivity contribution < 1.29 is 9.53 Å². The third-order valence-electron chi connectivity index (χ3n) is 4.30. The smallest absolute Gasteiger partial charge is 0.263 e. The second-order valence-corrected chi connectivity index (χ2v) is 7.64. The largest absolute Gasteiger partial charge is 0.479 e. The molecule has 0 spiro atoms. The van der Waals surface area contributed by atoms with Gasteiger partial charge in [0.2, 0.25) is 0 Å². The molecule has 3 aromatic rings. The first-order valence-corrected chi connectivity index (χ1v) is 10.0. The number of benzene rings is 2. The fraction of sp³-hybridized carbons (Fsp3) is 0.250. The van der Waals surface area contributed by atoms with Crippen molar-refractivity contribution in [3.63, 3.8) is 0 Å². The van der Waals surface area contributed by atoms with E-state index in [-0.39, 0.29) is 18.0 Å². The van der Waals surface area contributed by atoms with Crippen molar-refractivity contribution in [2.24, 2.45) is 0 Å². The zero-order valence-corrected chi connectivity index (χ0v) is 18.0. The standard InChI is InChI=1S/C20H18Cl3N3O3/c1-3-26(20(28)11(2)29-17-7-5-12(21)8-15(17)23)10-18-24-16-9-13(22)4-6-14(16)19(27)25-18/h4-9,11H,3,10H2,1-2H3,(H,24,25,27). The zero-order chi connectivity index (χ0) is 21.1. The van der Waals surface area contributed by atoms with Gasteiger partial charge in [0, 0.05) is 16.6 Å². The number of aromatic nitrogens is 2. The Morgan fingerprint density at radius 3 is 2.55 bits per heavy atom. The molecule has 1 unspecified atom stereocenters. The van der Waals surface area contributed by atoms with Crippen LogP contribution in [0.4, 0.5) is 0 Å². The number of hydrogen-bond acceptors (Lipinski definition) is 4. The fourth-order valence-electron chi connectivity index (χ4n) is 2.83. The van der Waals surface area contributed by atoms with Crippen molar-refractivity contribution in [3.8, 4) is 5.75 Å². The summed E-state index contributed by atoms with van der Waals surface area (Å²) in [5.41, 5.74) is 0.180. The van der Waals surface area contributed by atoms with E-state index in [1.54, 1.807) is 43.3 Å². The lowest BCUT2D eigenvalue weighted by Gasteiger charge is -2.24. The van der Waals surface area contributed by atoms with E-state index in [9.17, 15) is 9.59 Å². The molecule has 0 saturated carbocycles. The molecule has 9 heteroatoms. The van der Waals surface area contributed by atoms with Gasteiger partial charge in [-0.25, -0.2) is 4.98 Å². The summed E-state index contributed by atoms with van der Waals surface area (Å²) in [6.07, 6.45) is -0.796. The van der Waals surface area contributed by atoms with E-state index < -0.39 is 6.10 Å². The number of halogens is 3. The van der Waals surface area contributed by atoms with Gasteiger partial charge in [0.15, 0.2) is 6.10 Å². The van der Waals surface area contributed by atoms with Crippen LogP contribution in [0.1, 0.15) is 19.7 Å². The molecule has 1 N–H and O–H groups in total. The molecule has 1 aromatic heterocycles. The van der Waals surface area contributed by atoms with Gasteiger partial charge >= 0.3 is 0 Å². The van der Waals surface area contributed by atoms with Gasteiger partial charge in [-0.1, -0.05) is 34.8 Å². The lowest BCUT2D eigenvalue weighted by atomic mass is 10.2. The van der Waals surface area contributed by atoms with Gasteiger partial charge in [0.1, 0.15) is 11.6 Å². The number of amides is 1. The molecule has 2 aromatic carbocycles. The highest BCUT2D eigenvalue weighted by molar-refractivity contribution is 6.35. The maximum atomic E-state index is 12.9. The summed E-state index contributed by atoms with van der Waals surface area (Å²) in [7, 11) is 0. The average Bonchev–Trinajstić information content (AvgIpc) is 2.67. The molecule has 3 rings (SSSR count). The van der Waals surface area contributed by atoms with E-state index in [0.717, 1.165) is 0 Å². The molecule has 0 radical (unpaired) electrons. The Kier molecular flexibility index (Phi) is 6.67. The van der Waals surface area contributed by atoms with E-state index in [4.69, 9.17) is 39.5 Å². The highest BCUT2D eigenvalue weighted by Gasteiger charge is 2.23. The molecule has 6 nitrogen and oxygen atoms in total. The van der Waals surface area contributed by atoms with Crippen LogP contribution in [-0.2, 0) is 11.3 Å². The normalized spacial score (nSPS) is 12.0. The van der Waals surface area contributed by atoms with Crippen LogP contribution in [0.25, 0.3) is 10.9 Å². The quantitative estimate of drug-likeness (QED) is 0.586. The van der Waals surface area contributed by atoms with Gasteiger partial charge < -0.3 is 14.6 Å². The Balaban J connectivity index is 1.79. The third-order valence-corrected chi connectivity index (χ3v) is 5.06. The summed E-state index contributed by atoms with van der Waals surface area (Å²) in [6, 6.07) is 9.64. The molecule has 0 bridgehead atoms. The van der Waals surface area contributed by atoms with E-state index in [1.807, 2.05) is 6.92 Å². The van der Waals surface area contributed by atoms with Crippen molar-refractivity contribution in [2.75, 3.05) is 6.54 Å². The number of hydrogen-bond donors (Lipinski definition) is 1. The number of H-pyrrole nitrogens is 1. The summed E-state index contributed by atoms with van der Waals surface area (Å²) in [6.45, 7) is 3.98. The monoisotopic (exact) mass is 453 g/mol. The maximum Gasteiger partial charge on any atom is 0.263 e. The van der Waals surface area contributed by atoms with Crippen LogP contribution in [0.2, 0.25) is 15.1 Å². The van der Waals surface area contributed by atoms with Gasteiger partial charge in [-0.3, -0.25) is 9.59 Å². The molecule has 0 aliphatic rings. The summed E-state index contributed by atoms with van der Waals surface area (Å²) < 4.78 is 5.70. The van der Waals surface area contributed by atoms with E-state index in [0.29, 0.717) is 44.1 Å². The molecule has 29 heavy (non-hydrogen) atoms. The molecule has 0 aliphatic heterocycles. The third kappa shape index (κ3) is 5.01. The predicted molar refractivity (Wildman–Crippen MR) is 115 cm³/mol. The number of carbonyl (C=O) groups excluding carboxylic acids is 1. The van der Waals surface area contributed by atoms with Crippen LogP contribution in [0.15, 0.2) is 41.2 Å². The second kappa shape index (κ2) is 9.03. The number of rotatable bonds is 6. The van der Waals surface area contributed by atoms with Crippen molar-refractivity contribution in [1.29, 1.82) is 0 Å². The topological polar surface area (TPSA) is 75.3 Å². The molecule has 0 fully saturated rings. The van der Waals surface area contributed by atoms with Gasteiger partial charge in [-0.05, 0) is 50.2 Å². The lowest BCUT2D eigenvalue weighted by molar-refractivity contribution is -0.138. The maximum absolute atomic E-state index is 12.9. The molecule has 1 atom stereocenters. The van der Waals surface area contributed by atoms with Crippen LogP contribution in [-0.4, -0.2) is 33.4 Å². The first-order chi connectivity index (χ1) is 13.8. The predicted octanol–water partition coefficient (Wildman–Crippen LogP) is 4.70. The van der Waals surface area contributed by atoms with Crippen LogP contribution in [0.5, 0.6) is 5.75 Å². The van der Waals surface area contributed by atoms with Crippen molar-refractivity contribution >= 4 is 51.6 Å². The van der Waals surface area contributed by atoms with Crippen molar-refractivity contribution in [2.45, 2.75) is 26.5 Å². The van der Waals surface area contributed by atoms with Crippen molar-refractivity contribution in [3.05, 3.63) is 67.6 Å². The molecule has 152 valence electrons. The SMILES string of the molecule is CCN(Cc1nc2cc(Cl)ccc2c(=O)[nH]1)C(=O)C(C)Oc1ccc(Cl)cc1Cl. The zero-order valence-electron chi connectivity index (χ0n) is 15.7. The highest BCUT2D eigenvalue weighted by Crippen LogP contribution is 2.28. The Labute approximate surface area is 182 Å². The number of ether oxygens (including phenoxy) is 1. The van der Waals surface area contributed by atoms with Crippen LogP contribution < -0.4 is 10.3 Å². The average molecular weight is 455 g/mol. The number of fused-ring (bicyclic) bond motifs is 1. The summed E-state index contributed by atoms with van der Waals surface area (Å²) in [5, 5.41) is 1.70. The van der Waals surface area contributed by atoms with Crippen LogP contribution >= 0.6 is 34.8 Å². The molecule has 1 amide bonds. The molecule has 0 aliphatic carbocycles. The Morgan fingerprint density at radius 1 is 1.17 bits per heavy atom. The number of nitrogens with zero attached hydrogens (tertiary/aromatic N) is 2. The number of likely N-dealkylation sites (N-methyl/N-ethyl adjacent to an activating group) is 1. The molecular formula is C20H18Cl3N3O3. The summed E-state index contributed by atoms with van der Waals surface area (Å²) in [4.78, 5) is 33.8. The number of carbonyl (C=O) groups is 1. The lowest BCUT2D eigenvalue weighted by Crippen LogP contribution is -2.40. The Morgan fingerprint density at radius 2 is 1.86 bits per heavy atom. The highest BCUT2D eigenvalue weighted by atomic mass is 35.5. The van der Waals surface area contributed by atoms with Crippen LogP contribution in [0.3, 0.4) is 0 Å².